The molecule has 0 unspecified atom stereocenters. The van der Waals surface area contributed by atoms with Gasteiger partial charge in [0, 0.05) is 5.92 Å². The molecule has 1 amide bonds. The molecule has 1 heterocycles. The molecule has 140 valence electrons. The number of hydrogen-bond donors (Lipinski definition) is 2. The van der Waals surface area contributed by atoms with Gasteiger partial charge in [-0.05, 0) is 32.8 Å². The Hall–Kier alpha value is -2.31. The molecule has 0 aliphatic rings. The Labute approximate surface area is 155 Å². The number of carbonyl (C=O) groups is 1. The number of aromatic nitrogens is 2. The van der Waals surface area contributed by atoms with E-state index in [0.29, 0.717) is 0 Å². The molecule has 2 aromatic rings. The minimum absolute atomic E-state index is 0.0786. The quantitative estimate of drug-likeness (QED) is 0.780. The normalized spacial score (nSPS) is 13.9. The average Bonchev–Trinajstić information content (AvgIpc) is 3.02. The van der Waals surface area contributed by atoms with Crippen LogP contribution in [0.5, 0.6) is 0 Å². The number of rotatable bonds is 6. The van der Waals surface area contributed by atoms with Crippen molar-refractivity contribution in [2.45, 2.75) is 51.8 Å². The number of benzene rings is 1. The molecule has 0 saturated heterocycles. The molecule has 2 N–H and O–H groups in total. The summed E-state index contributed by atoms with van der Waals surface area (Å²) in [7, 11) is 2.04. The highest BCUT2D eigenvalue weighted by molar-refractivity contribution is 6.32. The van der Waals surface area contributed by atoms with Gasteiger partial charge in [0.25, 0.3) is 0 Å². The molecule has 0 saturated carbocycles. The Bertz CT molecular complexity index is 725. The van der Waals surface area contributed by atoms with Gasteiger partial charge in [-0.15, -0.1) is 0 Å². The van der Waals surface area contributed by atoms with Crippen LogP contribution in [0.4, 0.5) is 9.18 Å². The van der Waals surface area contributed by atoms with Gasteiger partial charge in [0.05, 0.1) is 18.4 Å². The molecular formula is C19H27BFN3O2. The van der Waals surface area contributed by atoms with Gasteiger partial charge in [-0.2, -0.15) is 0 Å². The fourth-order valence-corrected chi connectivity index (χ4v) is 2.55. The number of aromatic amines is 1. The van der Waals surface area contributed by atoms with Crippen LogP contribution >= 0.6 is 0 Å². The zero-order valence-electron chi connectivity index (χ0n) is 16.1. The number of nitrogens with one attached hydrogen (secondary N) is 2. The van der Waals surface area contributed by atoms with E-state index in [-0.39, 0.29) is 18.9 Å². The molecule has 1 aromatic carbocycles. The van der Waals surface area contributed by atoms with Crippen molar-refractivity contribution in [1.82, 2.24) is 15.3 Å². The van der Waals surface area contributed by atoms with E-state index < -0.39 is 17.9 Å². The summed E-state index contributed by atoms with van der Waals surface area (Å²) in [5.41, 5.74) is 2.56. The molecule has 5 nitrogen and oxygen atoms in total. The second-order valence-corrected chi connectivity index (χ2v) is 7.66. The molecule has 1 aromatic heterocycles. The summed E-state index contributed by atoms with van der Waals surface area (Å²) >= 11 is 0. The third kappa shape index (κ3) is 6.21. The summed E-state index contributed by atoms with van der Waals surface area (Å²) in [5.74, 6) is 0.644. The minimum Gasteiger partial charge on any atom is -0.444 e. The number of alkyl halides is 1. The van der Waals surface area contributed by atoms with Gasteiger partial charge in [0.1, 0.15) is 25.4 Å². The maximum atomic E-state index is 14.2. The van der Waals surface area contributed by atoms with E-state index in [1.165, 1.54) is 5.46 Å². The van der Waals surface area contributed by atoms with Crippen molar-refractivity contribution in [1.29, 1.82) is 0 Å². The van der Waals surface area contributed by atoms with E-state index in [1.807, 2.05) is 39.0 Å². The van der Waals surface area contributed by atoms with Crippen molar-refractivity contribution >= 4 is 19.4 Å². The number of H-pyrrole nitrogens is 1. The van der Waals surface area contributed by atoms with E-state index >= 15 is 0 Å². The van der Waals surface area contributed by atoms with Gasteiger partial charge in [-0.1, -0.05) is 36.7 Å². The van der Waals surface area contributed by atoms with Crippen molar-refractivity contribution in [3.8, 4) is 11.3 Å². The van der Waals surface area contributed by atoms with E-state index in [1.54, 1.807) is 27.0 Å². The Kier molecular flexibility index (Phi) is 6.45. The number of nitrogens with zero attached hydrogens (tertiary/aromatic N) is 1. The van der Waals surface area contributed by atoms with Gasteiger partial charge in [0.2, 0.25) is 0 Å². The Morgan fingerprint density at radius 1 is 1.35 bits per heavy atom. The molecule has 0 aliphatic carbocycles. The molecule has 0 bridgehead atoms. The SMILES string of the molecule is Bc1ccc(-c2cnc([C@@H](C)C[C@@H](F)CNC(=O)OC(C)(C)C)[nH]2)cc1. The number of hydrogen-bond acceptors (Lipinski definition) is 3. The zero-order chi connectivity index (χ0) is 19.3. The lowest BCUT2D eigenvalue weighted by molar-refractivity contribution is 0.0511. The number of carbonyl (C=O) groups excluding carboxylic acids is 1. The van der Waals surface area contributed by atoms with Crippen molar-refractivity contribution in [2.75, 3.05) is 6.54 Å². The monoisotopic (exact) mass is 359 g/mol. The summed E-state index contributed by atoms with van der Waals surface area (Å²) in [5, 5.41) is 2.47. The van der Waals surface area contributed by atoms with Gasteiger partial charge in [-0.25, -0.2) is 14.2 Å². The van der Waals surface area contributed by atoms with Crippen molar-refractivity contribution in [2.24, 2.45) is 0 Å². The smallest absolute Gasteiger partial charge is 0.407 e. The van der Waals surface area contributed by atoms with E-state index in [2.05, 4.69) is 15.3 Å². The fourth-order valence-electron chi connectivity index (χ4n) is 2.55. The summed E-state index contributed by atoms with van der Waals surface area (Å²) in [6, 6.07) is 8.14. The van der Waals surface area contributed by atoms with Gasteiger partial charge in [-0.3, -0.25) is 0 Å². The Morgan fingerprint density at radius 3 is 2.62 bits per heavy atom. The predicted molar refractivity (Wildman–Crippen MR) is 104 cm³/mol. The fraction of sp³-hybridized carbons (Fsp3) is 0.474. The lowest BCUT2D eigenvalue weighted by Gasteiger charge is -2.20. The largest absolute Gasteiger partial charge is 0.444 e. The predicted octanol–water partition coefficient (Wildman–Crippen LogP) is 2.69. The van der Waals surface area contributed by atoms with Gasteiger partial charge >= 0.3 is 6.09 Å². The Balaban J connectivity index is 1.86. The third-order valence-corrected chi connectivity index (χ3v) is 3.90. The first kappa shape index (κ1) is 20.0. The highest BCUT2D eigenvalue weighted by Crippen LogP contribution is 2.23. The number of halogens is 1. The molecule has 7 heteroatoms. The van der Waals surface area contributed by atoms with Gasteiger partial charge < -0.3 is 15.0 Å². The summed E-state index contributed by atoms with van der Waals surface area (Å²) in [4.78, 5) is 19.2. The first-order valence-electron chi connectivity index (χ1n) is 8.87. The number of ether oxygens (including phenoxy) is 1. The molecule has 0 radical (unpaired) electrons. The Morgan fingerprint density at radius 2 is 2.00 bits per heavy atom. The number of imidazole rings is 1. The molecule has 0 aliphatic heterocycles. The average molecular weight is 359 g/mol. The number of alkyl carbamates (subject to hydrolysis) is 1. The molecule has 2 atom stereocenters. The van der Waals surface area contributed by atoms with E-state index in [9.17, 15) is 9.18 Å². The highest BCUT2D eigenvalue weighted by atomic mass is 19.1. The topological polar surface area (TPSA) is 67.0 Å². The molecule has 26 heavy (non-hydrogen) atoms. The van der Waals surface area contributed by atoms with Crippen LogP contribution in [0.2, 0.25) is 0 Å². The van der Waals surface area contributed by atoms with E-state index in [4.69, 9.17) is 4.74 Å². The molecule has 0 spiro atoms. The van der Waals surface area contributed by atoms with Crippen LogP contribution in [0, 0.1) is 0 Å². The van der Waals surface area contributed by atoms with Crippen LogP contribution in [-0.2, 0) is 4.74 Å². The second kappa shape index (κ2) is 8.38. The summed E-state index contributed by atoms with van der Waals surface area (Å²) in [6.07, 6.45) is 0.247. The maximum absolute atomic E-state index is 14.2. The van der Waals surface area contributed by atoms with Gasteiger partial charge in [0.15, 0.2) is 0 Å². The summed E-state index contributed by atoms with van der Waals surface area (Å²) < 4.78 is 19.3. The standard InChI is InChI=1S/C19H27BFN3O2/c1-12(9-15(21)10-23-18(25)26-19(2,3)4)17-22-11-16(24-17)13-5-7-14(20)8-6-13/h5-8,11-12,15H,9-10,20H2,1-4H3,(H,22,24)(H,23,25)/t12-,15+/m0/s1. The van der Waals surface area contributed by atoms with Crippen LogP contribution < -0.4 is 10.8 Å². The maximum Gasteiger partial charge on any atom is 0.407 e. The van der Waals surface area contributed by atoms with Crippen LogP contribution in [0.3, 0.4) is 0 Å². The highest BCUT2D eigenvalue weighted by Gasteiger charge is 2.20. The first-order chi connectivity index (χ1) is 12.1. The number of amides is 1. The van der Waals surface area contributed by atoms with Crippen LogP contribution in [-0.4, -0.2) is 42.2 Å². The van der Waals surface area contributed by atoms with Crippen molar-refractivity contribution in [3.63, 3.8) is 0 Å². The van der Waals surface area contributed by atoms with Crippen molar-refractivity contribution < 1.29 is 13.9 Å². The first-order valence-corrected chi connectivity index (χ1v) is 8.87. The minimum atomic E-state index is -1.18. The second-order valence-electron chi connectivity index (χ2n) is 7.66. The van der Waals surface area contributed by atoms with E-state index in [0.717, 1.165) is 17.1 Å². The molecule has 0 fully saturated rings. The third-order valence-electron chi connectivity index (χ3n) is 3.90. The summed E-state index contributed by atoms with van der Waals surface area (Å²) in [6.45, 7) is 7.14. The van der Waals surface area contributed by atoms with Crippen molar-refractivity contribution in [3.05, 3.63) is 36.3 Å². The molecular weight excluding hydrogens is 332 g/mol. The van der Waals surface area contributed by atoms with Crippen LogP contribution in [0.25, 0.3) is 11.3 Å². The van der Waals surface area contributed by atoms with Crippen LogP contribution in [0.15, 0.2) is 30.5 Å². The zero-order valence-corrected chi connectivity index (χ0v) is 16.1. The lowest BCUT2D eigenvalue weighted by Crippen LogP contribution is -2.36. The molecule has 2 rings (SSSR count). The lowest BCUT2D eigenvalue weighted by atomic mass is 9.95. The van der Waals surface area contributed by atoms with Crippen LogP contribution in [0.1, 0.15) is 45.9 Å².